The second kappa shape index (κ2) is 3.12. The molecule has 9 heavy (non-hydrogen) atoms. The SMILES string of the molecule is COC(O)C(C)(O)OC. The molecule has 0 aliphatic carbocycles. The van der Waals surface area contributed by atoms with Crippen LogP contribution in [0.15, 0.2) is 0 Å². The van der Waals surface area contributed by atoms with Gasteiger partial charge in [0.2, 0.25) is 12.1 Å². The molecule has 0 aromatic carbocycles. The minimum absolute atomic E-state index is 1.28. The third kappa shape index (κ3) is 2.28. The van der Waals surface area contributed by atoms with Crippen LogP contribution in [0.1, 0.15) is 6.92 Å². The predicted molar refractivity (Wildman–Crippen MR) is 30.6 cm³/mol. The van der Waals surface area contributed by atoms with Gasteiger partial charge in [-0.05, 0) is 6.92 Å². The van der Waals surface area contributed by atoms with Gasteiger partial charge in [-0.2, -0.15) is 0 Å². The average molecular weight is 136 g/mol. The van der Waals surface area contributed by atoms with Crippen LogP contribution in [-0.2, 0) is 9.47 Å². The molecule has 2 N–H and O–H groups in total. The summed E-state index contributed by atoms with van der Waals surface area (Å²) in [5, 5.41) is 17.8. The molecule has 4 nitrogen and oxygen atoms in total. The van der Waals surface area contributed by atoms with E-state index < -0.39 is 12.1 Å². The molecule has 0 aliphatic heterocycles. The lowest BCUT2D eigenvalue weighted by molar-refractivity contribution is -0.299. The van der Waals surface area contributed by atoms with Gasteiger partial charge in [-0.15, -0.1) is 0 Å². The monoisotopic (exact) mass is 136 g/mol. The van der Waals surface area contributed by atoms with Crippen molar-refractivity contribution in [1.82, 2.24) is 0 Å². The molecule has 56 valence electrons. The molecular weight excluding hydrogens is 124 g/mol. The number of ether oxygens (including phenoxy) is 2. The Kier molecular flexibility index (Phi) is 3.07. The molecule has 0 fully saturated rings. The van der Waals surface area contributed by atoms with Crippen LogP contribution in [0.3, 0.4) is 0 Å². The van der Waals surface area contributed by atoms with Gasteiger partial charge in [0.1, 0.15) is 0 Å². The zero-order valence-electron chi connectivity index (χ0n) is 5.79. The van der Waals surface area contributed by atoms with Crippen molar-refractivity contribution in [2.45, 2.75) is 19.0 Å². The van der Waals surface area contributed by atoms with Crippen molar-refractivity contribution in [3.8, 4) is 0 Å². The van der Waals surface area contributed by atoms with Gasteiger partial charge < -0.3 is 19.7 Å². The highest BCUT2D eigenvalue weighted by Crippen LogP contribution is 2.09. The summed E-state index contributed by atoms with van der Waals surface area (Å²) in [4.78, 5) is 0. The Labute approximate surface area is 54.0 Å². The van der Waals surface area contributed by atoms with Crippen molar-refractivity contribution in [1.29, 1.82) is 0 Å². The van der Waals surface area contributed by atoms with Crippen LogP contribution < -0.4 is 0 Å². The van der Waals surface area contributed by atoms with Crippen molar-refractivity contribution in [3.63, 3.8) is 0 Å². The average Bonchev–Trinajstić information content (AvgIpc) is 1.86. The molecular formula is C5H12O4. The fourth-order valence-electron chi connectivity index (χ4n) is 0.319. The van der Waals surface area contributed by atoms with Crippen molar-refractivity contribution in [3.05, 3.63) is 0 Å². The molecule has 0 aromatic rings. The zero-order chi connectivity index (χ0) is 7.49. The van der Waals surface area contributed by atoms with E-state index in [1.54, 1.807) is 0 Å². The van der Waals surface area contributed by atoms with Gasteiger partial charge in [0, 0.05) is 14.2 Å². The number of hydrogen-bond acceptors (Lipinski definition) is 4. The molecule has 2 unspecified atom stereocenters. The Morgan fingerprint density at radius 1 is 1.44 bits per heavy atom. The standard InChI is InChI=1S/C5H12O4/c1-5(7,9-3)4(6)8-2/h4,6-7H,1-3H3. The fourth-order valence-corrected chi connectivity index (χ4v) is 0.319. The van der Waals surface area contributed by atoms with E-state index in [1.807, 2.05) is 0 Å². The Morgan fingerprint density at radius 3 is 2.00 bits per heavy atom. The van der Waals surface area contributed by atoms with Gasteiger partial charge >= 0.3 is 0 Å². The van der Waals surface area contributed by atoms with Crippen LogP contribution in [0.4, 0.5) is 0 Å². The number of hydrogen-bond donors (Lipinski definition) is 2. The second-order valence-electron chi connectivity index (χ2n) is 1.85. The molecule has 4 heteroatoms. The van der Waals surface area contributed by atoms with Gasteiger partial charge in [0.15, 0.2) is 0 Å². The number of aliphatic hydroxyl groups is 2. The Hall–Kier alpha value is -0.160. The van der Waals surface area contributed by atoms with E-state index >= 15 is 0 Å². The van der Waals surface area contributed by atoms with Crippen molar-refractivity contribution < 1.29 is 19.7 Å². The third-order valence-corrected chi connectivity index (χ3v) is 1.09. The summed E-state index contributed by atoms with van der Waals surface area (Å²) in [7, 11) is 2.56. The molecule has 0 amide bonds. The highest BCUT2D eigenvalue weighted by atomic mass is 16.7. The highest BCUT2D eigenvalue weighted by molar-refractivity contribution is 4.60. The molecule has 0 aliphatic rings. The van der Waals surface area contributed by atoms with E-state index in [1.165, 1.54) is 21.1 Å². The molecule has 0 spiro atoms. The summed E-state index contributed by atoms with van der Waals surface area (Å²) in [6.45, 7) is 1.31. The first-order valence-corrected chi connectivity index (χ1v) is 2.53. The lowest BCUT2D eigenvalue weighted by Gasteiger charge is -2.25. The summed E-state index contributed by atoms with van der Waals surface area (Å²) in [6.07, 6.45) is -1.30. The summed E-state index contributed by atoms with van der Waals surface area (Å²) in [5.41, 5.74) is 0. The van der Waals surface area contributed by atoms with Crippen molar-refractivity contribution >= 4 is 0 Å². The van der Waals surface area contributed by atoms with Crippen LogP contribution in [0.25, 0.3) is 0 Å². The Morgan fingerprint density at radius 2 is 1.89 bits per heavy atom. The molecule has 0 rings (SSSR count). The van der Waals surface area contributed by atoms with E-state index in [0.717, 1.165) is 0 Å². The van der Waals surface area contributed by atoms with E-state index in [-0.39, 0.29) is 0 Å². The van der Waals surface area contributed by atoms with Crippen LogP contribution in [0.2, 0.25) is 0 Å². The van der Waals surface area contributed by atoms with Gasteiger partial charge in [-0.3, -0.25) is 0 Å². The first kappa shape index (κ1) is 8.84. The lowest BCUT2D eigenvalue weighted by Crippen LogP contribution is -2.42. The number of rotatable bonds is 3. The minimum Gasteiger partial charge on any atom is -0.364 e. The third-order valence-electron chi connectivity index (χ3n) is 1.09. The summed E-state index contributed by atoms with van der Waals surface area (Å²) in [5.74, 6) is -1.62. The van der Waals surface area contributed by atoms with Gasteiger partial charge in [-0.1, -0.05) is 0 Å². The van der Waals surface area contributed by atoms with Crippen molar-refractivity contribution in [2.24, 2.45) is 0 Å². The quantitative estimate of drug-likeness (QED) is 0.504. The first-order valence-electron chi connectivity index (χ1n) is 2.53. The largest absolute Gasteiger partial charge is 0.364 e. The summed E-state index contributed by atoms with van der Waals surface area (Å²) in [6, 6.07) is 0. The van der Waals surface area contributed by atoms with Crippen LogP contribution in [0, 0.1) is 0 Å². The molecule has 0 heterocycles. The minimum atomic E-state index is -1.62. The van der Waals surface area contributed by atoms with Crippen LogP contribution in [-0.4, -0.2) is 36.5 Å². The maximum atomic E-state index is 8.99. The van der Waals surface area contributed by atoms with Crippen LogP contribution >= 0.6 is 0 Å². The number of aliphatic hydroxyl groups excluding tert-OH is 1. The van der Waals surface area contributed by atoms with E-state index in [4.69, 9.17) is 10.2 Å². The second-order valence-corrected chi connectivity index (χ2v) is 1.85. The van der Waals surface area contributed by atoms with E-state index in [0.29, 0.717) is 0 Å². The Bertz CT molecular complexity index is 81.0. The molecule has 2 atom stereocenters. The maximum Gasteiger partial charge on any atom is 0.214 e. The van der Waals surface area contributed by atoms with Crippen LogP contribution in [0.5, 0.6) is 0 Å². The van der Waals surface area contributed by atoms with E-state index in [9.17, 15) is 0 Å². The topological polar surface area (TPSA) is 58.9 Å². The molecule has 0 bridgehead atoms. The summed E-state index contributed by atoms with van der Waals surface area (Å²) < 4.78 is 8.86. The maximum absolute atomic E-state index is 8.99. The van der Waals surface area contributed by atoms with Gasteiger partial charge in [0.25, 0.3) is 0 Å². The first-order chi connectivity index (χ1) is 4.04. The van der Waals surface area contributed by atoms with Gasteiger partial charge in [0.05, 0.1) is 0 Å². The molecule has 0 saturated carbocycles. The normalized spacial score (nSPS) is 21.0. The lowest BCUT2D eigenvalue weighted by atomic mass is 10.3. The highest BCUT2D eigenvalue weighted by Gasteiger charge is 2.29. The van der Waals surface area contributed by atoms with E-state index in [2.05, 4.69) is 9.47 Å². The molecule has 0 saturated heterocycles. The smallest absolute Gasteiger partial charge is 0.214 e. The van der Waals surface area contributed by atoms with Gasteiger partial charge in [-0.25, -0.2) is 0 Å². The fraction of sp³-hybridized carbons (Fsp3) is 1.00. The Balaban J connectivity index is 3.80. The number of methoxy groups -OCH3 is 2. The predicted octanol–water partition coefficient (Wildman–Crippen LogP) is -0.694. The summed E-state index contributed by atoms with van der Waals surface area (Å²) >= 11 is 0. The van der Waals surface area contributed by atoms with Crippen molar-refractivity contribution in [2.75, 3.05) is 14.2 Å². The molecule has 0 aromatic heterocycles. The zero-order valence-corrected chi connectivity index (χ0v) is 5.79. The molecule has 0 radical (unpaired) electrons.